The Bertz CT molecular complexity index is 681. The molecule has 1 aromatic heterocycles. The third kappa shape index (κ3) is 3.51. The number of rotatable bonds is 4. The second-order valence-corrected chi connectivity index (χ2v) is 8.89. The molecule has 24 heavy (non-hydrogen) atoms. The van der Waals surface area contributed by atoms with Crippen LogP contribution in [0.5, 0.6) is 0 Å². The first-order valence-corrected chi connectivity index (χ1v) is 10.4. The zero-order valence-electron chi connectivity index (χ0n) is 14.9. The Labute approximate surface area is 149 Å². The molecule has 3 nitrogen and oxygen atoms in total. The van der Waals surface area contributed by atoms with Gasteiger partial charge in [-0.05, 0) is 68.9 Å². The van der Waals surface area contributed by atoms with Crippen molar-refractivity contribution in [3.05, 3.63) is 28.8 Å². The van der Waals surface area contributed by atoms with Gasteiger partial charge in [0, 0.05) is 18.5 Å². The molecule has 2 aliphatic heterocycles. The van der Waals surface area contributed by atoms with Crippen molar-refractivity contribution in [3.63, 3.8) is 0 Å². The third-order valence-corrected chi connectivity index (χ3v) is 6.91. The lowest BCUT2D eigenvalue weighted by Crippen LogP contribution is -2.31. The van der Waals surface area contributed by atoms with Crippen LogP contribution >= 0.6 is 11.3 Å². The van der Waals surface area contributed by atoms with E-state index >= 15 is 0 Å². The molecular formula is C20H29N3S. The molecule has 2 fully saturated rings. The Balaban J connectivity index is 1.50. The predicted octanol–water partition coefficient (Wildman–Crippen LogP) is 4.56. The first-order valence-electron chi connectivity index (χ1n) is 9.55. The first kappa shape index (κ1) is 16.5. The molecule has 0 spiro atoms. The largest absolute Gasteiger partial charge is 0.310 e. The van der Waals surface area contributed by atoms with Crippen molar-refractivity contribution < 1.29 is 0 Å². The summed E-state index contributed by atoms with van der Waals surface area (Å²) in [6.07, 6.45) is 5.30. The summed E-state index contributed by atoms with van der Waals surface area (Å²) in [7, 11) is 0. The van der Waals surface area contributed by atoms with Crippen molar-refractivity contribution >= 4 is 21.6 Å². The number of piperidine rings is 1. The van der Waals surface area contributed by atoms with Gasteiger partial charge in [-0.2, -0.15) is 0 Å². The van der Waals surface area contributed by atoms with Crippen LogP contribution in [0.15, 0.2) is 18.2 Å². The lowest BCUT2D eigenvalue weighted by Gasteiger charge is -2.28. The van der Waals surface area contributed by atoms with Gasteiger partial charge in [0.15, 0.2) is 0 Å². The van der Waals surface area contributed by atoms with Crippen LogP contribution in [0.1, 0.15) is 62.1 Å². The summed E-state index contributed by atoms with van der Waals surface area (Å²) >= 11 is 1.89. The van der Waals surface area contributed by atoms with E-state index in [1.807, 2.05) is 11.3 Å². The zero-order chi connectivity index (χ0) is 16.5. The van der Waals surface area contributed by atoms with Crippen LogP contribution in [0.25, 0.3) is 10.2 Å². The summed E-state index contributed by atoms with van der Waals surface area (Å²) in [4.78, 5) is 7.58. The Morgan fingerprint density at radius 2 is 2.12 bits per heavy atom. The molecule has 0 saturated carbocycles. The van der Waals surface area contributed by atoms with Crippen LogP contribution in [0.2, 0.25) is 0 Å². The number of nitrogens with zero attached hydrogens (tertiary/aromatic N) is 2. The summed E-state index contributed by atoms with van der Waals surface area (Å²) < 4.78 is 1.34. The minimum atomic E-state index is 0.512. The smallest absolute Gasteiger partial charge is 0.0979 e. The zero-order valence-corrected chi connectivity index (χ0v) is 15.7. The van der Waals surface area contributed by atoms with E-state index < -0.39 is 0 Å². The summed E-state index contributed by atoms with van der Waals surface area (Å²) in [6.45, 7) is 9.50. The average Bonchev–Trinajstić information content (AvgIpc) is 3.24. The van der Waals surface area contributed by atoms with Crippen molar-refractivity contribution in [2.24, 2.45) is 5.92 Å². The first-order chi connectivity index (χ1) is 11.7. The minimum Gasteiger partial charge on any atom is -0.310 e. The fourth-order valence-electron chi connectivity index (χ4n) is 4.10. The van der Waals surface area contributed by atoms with Crippen molar-refractivity contribution in [1.29, 1.82) is 0 Å². The molecule has 4 rings (SSSR count). The monoisotopic (exact) mass is 343 g/mol. The Kier molecular flexibility index (Phi) is 4.88. The molecule has 3 heterocycles. The fraction of sp³-hybridized carbons (Fsp3) is 0.650. The topological polar surface area (TPSA) is 28.2 Å². The molecule has 1 N–H and O–H groups in total. The number of thiazole rings is 1. The van der Waals surface area contributed by atoms with Crippen LogP contribution in [-0.4, -0.2) is 36.1 Å². The Morgan fingerprint density at radius 3 is 2.88 bits per heavy atom. The van der Waals surface area contributed by atoms with Gasteiger partial charge in [0.1, 0.15) is 0 Å². The molecule has 0 aliphatic carbocycles. The van der Waals surface area contributed by atoms with Crippen molar-refractivity contribution in [2.45, 2.75) is 51.5 Å². The highest BCUT2D eigenvalue weighted by Crippen LogP contribution is 2.32. The number of fused-ring (bicyclic) bond motifs is 1. The molecule has 0 bridgehead atoms. The van der Waals surface area contributed by atoms with Crippen LogP contribution in [0.3, 0.4) is 0 Å². The standard InChI is InChI=1S/C20H29N3S/c1-14-5-7-17(21-12-14)16-6-8-19-18(11-16)22-20(24-19)15(2)13-23-9-3-4-10-23/h6,8,11,14-15,17,21H,3-5,7,9-10,12-13H2,1-2H3/t14-,15?,17+/m0/s1. The van der Waals surface area contributed by atoms with Crippen LogP contribution < -0.4 is 5.32 Å². The van der Waals surface area contributed by atoms with Gasteiger partial charge >= 0.3 is 0 Å². The second-order valence-electron chi connectivity index (χ2n) is 7.83. The Hall–Kier alpha value is -0.970. The Morgan fingerprint density at radius 1 is 1.29 bits per heavy atom. The molecule has 2 saturated heterocycles. The summed E-state index contributed by atoms with van der Waals surface area (Å²) in [5.41, 5.74) is 2.61. The van der Waals surface area contributed by atoms with Gasteiger partial charge in [-0.1, -0.05) is 19.9 Å². The molecule has 2 aliphatic rings. The maximum absolute atomic E-state index is 4.99. The van der Waals surface area contributed by atoms with Crippen molar-refractivity contribution in [1.82, 2.24) is 15.2 Å². The molecule has 1 aromatic carbocycles. The number of aromatic nitrogens is 1. The van der Waals surface area contributed by atoms with Gasteiger partial charge in [-0.25, -0.2) is 4.98 Å². The van der Waals surface area contributed by atoms with Gasteiger partial charge < -0.3 is 10.2 Å². The van der Waals surface area contributed by atoms with Crippen LogP contribution in [0.4, 0.5) is 0 Å². The number of nitrogens with one attached hydrogen (secondary N) is 1. The number of hydrogen-bond acceptors (Lipinski definition) is 4. The van der Waals surface area contributed by atoms with E-state index in [0.717, 1.165) is 19.0 Å². The van der Waals surface area contributed by atoms with E-state index in [1.165, 1.54) is 59.6 Å². The van der Waals surface area contributed by atoms with Gasteiger partial charge in [-0.3, -0.25) is 0 Å². The molecule has 4 heteroatoms. The minimum absolute atomic E-state index is 0.512. The van der Waals surface area contributed by atoms with Gasteiger partial charge in [0.05, 0.1) is 15.2 Å². The van der Waals surface area contributed by atoms with Gasteiger partial charge in [0.2, 0.25) is 0 Å². The van der Waals surface area contributed by atoms with Crippen molar-refractivity contribution in [3.8, 4) is 0 Å². The van der Waals surface area contributed by atoms with Crippen LogP contribution in [0, 0.1) is 5.92 Å². The molecule has 1 unspecified atom stereocenters. The highest BCUT2D eigenvalue weighted by Gasteiger charge is 2.21. The summed E-state index contributed by atoms with van der Waals surface area (Å²) in [5, 5.41) is 5.00. The normalized spacial score (nSPS) is 26.9. The molecule has 3 atom stereocenters. The fourth-order valence-corrected chi connectivity index (χ4v) is 5.09. The third-order valence-electron chi connectivity index (χ3n) is 5.64. The van der Waals surface area contributed by atoms with E-state index in [2.05, 4.69) is 42.3 Å². The highest BCUT2D eigenvalue weighted by molar-refractivity contribution is 7.18. The maximum atomic E-state index is 4.99. The average molecular weight is 344 g/mol. The molecule has 130 valence electrons. The number of benzene rings is 1. The van der Waals surface area contributed by atoms with E-state index in [1.54, 1.807) is 0 Å². The van der Waals surface area contributed by atoms with E-state index in [-0.39, 0.29) is 0 Å². The SMILES string of the molecule is CC(CN1CCCC1)c1nc2cc([C@H]3CC[C@H](C)CN3)ccc2s1. The van der Waals surface area contributed by atoms with E-state index in [0.29, 0.717) is 12.0 Å². The molecule has 0 radical (unpaired) electrons. The van der Waals surface area contributed by atoms with Gasteiger partial charge in [0.25, 0.3) is 0 Å². The van der Waals surface area contributed by atoms with Crippen molar-refractivity contribution in [2.75, 3.05) is 26.2 Å². The molecular weight excluding hydrogens is 314 g/mol. The molecule has 0 amide bonds. The van der Waals surface area contributed by atoms with E-state index in [9.17, 15) is 0 Å². The van der Waals surface area contributed by atoms with E-state index in [4.69, 9.17) is 4.98 Å². The summed E-state index contributed by atoms with van der Waals surface area (Å²) in [6, 6.07) is 7.43. The number of likely N-dealkylation sites (tertiary alicyclic amines) is 1. The number of hydrogen-bond donors (Lipinski definition) is 1. The lowest BCUT2D eigenvalue weighted by molar-refractivity contribution is 0.320. The van der Waals surface area contributed by atoms with Crippen LogP contribution in [-0.2, 0) is 0 Å². The second kappa shape index (κ2) is 7.11. The highest BCUT2D eigenvalue weighted by atomic mass is 32.1. The summed E-state index contributed by atoms with van der Waals surface area (Å²) in [5.74, 6) is 1.35. The predicted molar refractivity (Wildman–Crippen MR) is 103 cm³/mol. The molecule has 2 aromatic rings. The quantitative estimate of drug-likeness (QED) is 0.882. The van der Waals surface area contributed by atoms with Gasteiger partial charge in [-0.15, -0.1) is 11.3 Å². The maximum Gasteiger partial charge on any atom is 0.0979 e. The lowest BCUT2D eigenvalue weighted by atomic mass is 9.92.